The zero-order valence-electron chi connectivity index (χ0n) is 14.2. The van der Waals surface area contributed by atoms with Crippen LogP contribution in [-0.4, -0.2) is 38.2 Å². The van der Waals surface area contributed by atoms with Crippen LogP contribution in [0.15, 0.2) is 36.7 Å². The zero-order chi connectivity index (χ0) is 16.8. The number of anilines is 1. The molecule has 0 spiro atoms. The topological polar surface area (TPSA) is 63.1 Å². The summed E-state index contributed by atoms with van der Waals surface area (Å²) in [7, 11) is 1.84. The summed E-state index contributed by atoms with van der Waals surface area (Å²) in [6.07, 6.45) is 9.72. The lowest BCUT2D eigenvalue weighted by atomic mass is 9.94. The molecule has 128 valence electrons. The normalized spacial score (nSPS) is 15.6. The maximum absolute atomic E-state index is 12.4. The second-order valence-corrected chi connectivity index (χ2v) is 6.44. The molecular weight excluding hydrogens is 302 g/mol. The number of nitrogens with one attached hydrogen (secondary N) is 1. The summed E-state index contributed by atoms with van der Waals surface area (Å²) in [5, 5.41) is 7.09. The number of pyridine rings is 1. The van der Waals surface area contributed by atoms with Gasteiger partial charge < -0.3 is 5.32 Å². The van der Waals surface area contributed by atoms with Gasteiger partial charge in [0, 0.05) is 38.1 Å². The Labute approximate surface area is 142 Å². The molecule has 0 aromatic carbocycles. The van der Waals surface area contributed by atoms with Crippen molar-refractivity contribution >= 4 is 11.7 Å². The molecule has 2 aromatic heterocycles. The summed E-state index contributed by atoms with van der Waals surface area (Å²) in [6.45, 7) is 1.08. The van der Waals surface area contributed by atoms with E-state index in [1.54, 1.807) is 4.68 Å². The van der Waals surface area contributed by atoms with Crippen LogP contribution in [0.25, 0.3) is 0 Å². The van der Waals surface area contributed by atoms with Crippen LogP contribution in [0, 0.1) is 0 Å². The third-order valence-corrected chi connectivity index (χ3v) is 4.51. The Bertz CT molecular complexity index is 648. The summed E-state index contributed by atoms with van der Waals surface area (Å²) in [5.41, 5.74) is 1.01. The van der Waals surface area contributed by atoms with Gasteiger partial charge >= 0.3 is 0 Å². The number of aryl methyl sites for hydroxylation is 1. The molecule has 1 aliphatic carbocycles. The Balaban J connectivity index is 1.65. The van der Waals surface area contributed by atoms with E-state index in [2.05, 4.69) is 20.3 Å². The fraction of sp³-hybridized carbons (Fsp3) is 0.500. The van der Waals surface area contributed by atoms with Gasteiger partial charge in [-0.3, -0.25) is 19.4 Å². The van der Waals surface area contributed by atoms with Crippen molar-refractivity contribution in [2.24, 2.45) is 7.05 Å². The standard InChI is InChI=1S/C18H25N5O/c1-22-12-10-17(21-22)20-18(24)14-23(16-8-3-2-4-9-16)13-15-7-5-6-11-19-15/h5-7,10-12,16H,2-4,8-9,13-14H2,1H3,(H,20,21,24). The maximum Gasteiger partial charge on any atom is 0.239 e. The number of aromatic nitrogens is 3. The van der Waals surface area contributed by atoms with Crippen molar-refractivity contribution in [3.8, 4) is 0 Å². The van der Waals surface area contributed by atoms with Gasteiger partial charge in [-0.15, -0.1) is 0 Å². The van der Waals surface area contributed by atoms with Crippen LogP contribution < -0.4 is 5.32 Å². The number of hydrogen-bond donors (Lipinski definition) is 1. The molecule has 1 aliphatic rings. The predicted octanol–water partition coefficient (Wildman–Crippen LogP) is 2.59. The maximum atomic E-state index is 12.4. The Kier molecular flexibility index (Phi) is 5.59. The van der Waals surface area contributed by atoms with E-state index in [9.17, 15) is 4.79 Å². The predicted molar refractivity (Wildman–Crippen MR) is 93.4 cm³/mol. The van der Waals surface area contributed by atoms with Crippen molar-refractivity contribution in [2.45, 2.75) is 44.7 Å². The van der Waals surface area contributed by atoms with Crippen LogP contribution in [0.5, 0.6) is 0 Å². The van der Waals surface area contributed by atoms with E-state index < -0.39 is 0 Å². The third-order valence-electron chi connectivity index (χ3n) is 4.51. The lowest BCUT2D eigenvalue weighted by Gasteiger charge is -2.33. The molecular formula is C18H25N5O. The van der Waals surface area contributed by atoms with E-state index in [4.69, 9.17) is 0 Å². The van der Waals surface area contributed by atoms with Gasteiger partial charge in [0.25, 0.3) is 0 Å². The summed E-state index contributed by atoms with van der Waals surface area (Å²) < 4.78 is 1.68. The number of rotatable bonds is 6. The van der Waals surface area contributed by atoms with Gasteiger partial charge in [0.15, 0.2) is 5.82 Å². The summed E-state index contributed by atoms with van der Waals surface area (Å²) >= 11 is 0. The summed E-state index contributed by atoms with van der Waals surface area (Å²) in [4.78, 5) is 19.1. The van der Waals surface area contributed by atoms with Crippen LogP contribution in [0.3, 0.4) is 0 Å². The summed E-state index contributed by atoms with van der Waals surface area (Å²) in [5.74, 6) is 0.583. The highest BCUT2D eigenvalue weighted by Crippen LogP contribution is 2.23. The number of nitrogens with zero attached hydrogens (tertiary/aromatic N) is 4. The fourth-order valence-electron chi connectivity index (χ4n) is 3.31. The Morgan fingerprint density at radius 1 is 1.29 bits per heavy atom. The van der Waals surface area contributed by atoms with E-state index >= 15 is 0 Å². The van der Waals surface area contributed by atoms with E-state index in [-0.39, 0.29) is 5.91 Å². The minimum absolute atomic E-state index is 0.0183. The molecule has 0 atom stereocenters. The van der Waals surface area contributed by atoms with Gasteiger partial charge in [-0.25, -0.2) is 0 Å². The first kappa shape index (κ1) is 16.6. The second-order valence-electron chi connectivity index (χ2n) is 6.44. The molecule has 24 heavy (non-hydrogen) atoms. The number of carbonyl (C=O) groups excluding carboxylic acids is 1. The largest absolute Gasteiger partial charge is 0.308 e. The molecule has 0 radical (unpaired) electrons. The Morgan fingerprint density at radius 2 is 2.12 bits per heavy atom. The van der Waals surface area contributed by atoms with Crippen LogP contribution in [-0.2, 0) is 18.4 Å². The lowest BCUT2D eigenvalue weighted by molar-refractivity contribution is -0.118. The van der Waals surface area contributed by atoms with Crippen molar-refractivity contribution < 1.29 is 4.79 Å². The first-order chi connectivity index (χ1) is 11.7. The summed E-state index contributed by atoms with van der Waals surface area (Å²) in [6, 6.07) is 8.20. The number of amides is 1. The monoisotopic (exact) mass is 327 g/mol. The van der Waals surface area contributed by atoms with Crippen molar-refractivity contribution in [1.29, 1.82) is 0 Å². The molecule has 0 bridgehead atoms. The first-order valence-electron chi connectivity index (χ1n) is 8.64. The molecule has 0 aliphatic heterocycles. The van der Waals surface area contributed by atoms with E-state index in [1.165, 1.54) is 19.3 Å². The molecule has 3 rings (SSSR count). The Morgan fingerprint density at radius 3 is 2.79 bits per heavy atom. The van der Waals surface area contributed by atoms with E-state index in [0.717, 1.165) is 18.5 Å². The zero-order valence-corrected chi connectivity index (χ0v) is 14.2. The molecule has 1 N–H and O–H groups in total. The van der Waals surface area contributed by atoms with Crippen molar-refractivity contribution in [3.63, 3.8) is 0 Å². The molecule has 1 fully saturated rings. The van der Waals surface area contributed by atoms with Gasteiger partial charge in [0.1, 0.15) is 0 Å². The van der Waals surface area contributed by atoms with Gasteiger partial charge in [0.2, 0.25) is 5.91 Å². The van der Waals surface area contributed by atoms with Crippen molar-refractivity contribution in [2.75, 3.05) is 11.9 Å². The van der Waals surface area contributed by atoms with Crippen LogP contribution >= 0.6 is 0 Å². The molecule has 2 aromatic rings. The Hall–Kier alpha value is -2.21. The highest BCUT2D eigenvalue weighted by Gasteiger charge is 2.23. The highest BCUT2D eigenvalue weighted by molar-refractivity contribution is 5.91. The molecule has 6 heteroatoms. The molecule has 2 heterocycles. The van der Waals surface area contributed by atoms with Crippen molar-refractivity contribution in [1.82, 2.24) is 19.7 Å². The van der Waals surface area contributed by atoms with Crippen molar-refractivity contribution in [3.05, 3.63) is 42.4 Å². The molecule has 0 unspecified atom stereocenters. The minimum Gasteiger partial charge on any atom is -0.308 e. The first-order valence-corrected chi connectivity index (χ1v) is 8.64. The van der Waals surface area contributed by atoms with Gasteiger partial charge in [-0.1, -0.05) is 25.3 Å². The van der Waals surface area contributed by atoms with Crippen LogP contribution in [0.1, 0.15) is 37.8 Å². The SMILES string of the molecule is Cn1ccc(NC(=O)CN(Cc2ccccn2)C2CCCCC2)n1. The van der Waals surface area contributed by atoms with Crippen LogP contribution in [0.4, 0.5) is 5.82 Å². The minimum atomic E-state index is -0.0183. The van der Waals surface area contributed by atoms with Crippen LogP contribution in [0.2, 0.25) is 0 Å². The quantitative estimate of drug-likeness (QED) is 0.886. The average molecular weight is 327 g/mol. The van der Waals surface area contributed by atoms with Gasteiger partial charge in [-0.2, -0.15) is 5.10 Å². The van der Waals surface area contributed by atoms with Gasteiger partial charge in [0.05, 0.1) is 12.2 Å². The van der Waals surface area contributed by atoms with E-state index in [1.807, 2.05) is 43.7 Å². The highest BCUT2D eigenvalue weighted by atomic mass is 16.2. The lowest BCUT2D eigenvalue weighted by Crippen LogP contribution is -2.41. The second kappa shape index (κ2) is 8.06. The fourth-order valence-corrected chi connectivity index (χ4v) is 3.31. The average Bonchev–Trinajstić information content (AvgIpc) is 3.01. The molecule has 1 saturated carbocycles. The number of hydrogen-bond acceptors (Lipinski definition) is 4. The third kappa shape index (κ3) is 4.64. The molecule has 1 amide bonds. The van der Waals surface area contributed by atoms with Gasteiger partial charge in [-0.05, 0) is 25.0 Å². The number of carbonyl (C=O) groups is 1. The molecule has 0 saturated heterocycles. The molecule has 6 nitrogen and oxygen atoms in total. The van der Waals surface area contributed by atoms with E-state index in [0.29, 0.717) is 24.9 Å². The smallest absolute Gasteiger partial charge is 0.239 e.